The molecule has 4 rings (SSSR count). The van der Waals surface area contributed by atoms with Crippen LogP contribution in [0.2, 0.25) is 0 Å². The maximum Gasteiger partial charge on any atom is 0.352 e. The first-order valence-corrected chi connectivity index (χ1v) is 17.7. The average Bonchev–Trinajstić information content (AvgIpc) is 3.56. The minimum atomic E-state index is -4.92. The molecule has 2 aromatic rings. The second-order valence-electron chi connectivity index (χ2n) is 11.2. The lowest BCUT2D eigenvalue weighted by Crippen LogP contribution is -2.71. The second kappa shape index (κ2) is 16.4. The number of carbonyl (C=O) groups excluding carboxylic acids is 3. The molecule has 2 atom stereocenters. The summed E-state index contributed by atoms with van der Waals surface area (Å²) in [6.07, 6.45) is 3.17. The number of unbranched alkanes of at least 4 members (excludes halogenated alkanes) is 1. The summed E-state index contributed by atoms with van der Waals surface area (Å²) in [7, 11) is -3.27. The quantitative estimate of drug-likeness (QED) is 0.0186. The van der Waals surface area contributed by atoms with Crippen LogP contribution < -0.4 is 32.5 Å². The Bertz CT molecular complexity index is 1860. The molecule has 1 fully saturated rings. The Morgan fingerprint density at radius 1 is 1.24 bits per heavy atom. The smallest absolute Gasteiger partial charge is 0.352 e. The van der Waals surface area contributed by atoms with Gasteiger partial charge >= 0.3 is 11.9 Å². The van der Waals surface area contributed by atoms with E-state index in [0.29, 0.717) is 30.6 Å². The van der Waals surface area contributed by atoms with E-state index in [1.807, 2.05) is 0 Å². The number of nitrogen functional groups attached to an aromatic ring is 2. The maximum atomic E-state index is 13.3. The van der Waals surface area contributed by atoms with E-state index in [0.717, 1.165) is 16.4 Å². The summed E-state index contributed by atoms with van der Waals surface area (Å²) < 4.78 is 39.9. The van der Waals surface area contributed by atoms with Gasteiger partial charge in [-0.25, -0.2) is 18.0 Å². The van der Waals surface area contributed by atoms with E-state index in [2.05, 4.69) is 25.1 Å². The number of anilines is 3. The molecule has 0 aromatic carbocycles. The van der Waals surface area contributed by atoms with E-state index in [-0.39, 0.29) is 47.1 Å². The van der Waals surface area contributed by atoms with Crippen molar-refractivity contribution in [2.45, 2.75) is 56.7 Å². The lowest BCUT2D eigenvalue weighted by Gasteiger charge is -2.49. The number of carboxylic acid groups (broad SMARTS) is 2. The van der Waals surface area contributed by atoms with Crippen molar-refractivity contribution in [2.75, 3.05) is 29.1 Å². The van der Waals surface area contributed by atoms with Crippen molar-refractivity contribution < 1.29 is 61.2 Å². The number of hydrogen-bond acceptors (Lipinski definition) is 17. The van der Waals surface area contributed by atoms with Crippen molar-refractivity contribution in [1.82, 2.24) is 24.3 Å². The molecule has 280 valence electrons. The average molecular weight is 778 g/mol. The summed E-state index contributed by atoms with van der Waals surface area (Å²) in [5.41, 5.74) is 15.5. The first kappa shape index (κ1) is 40.5. The number of amides is 3. The van der Waals surface area contributed by atoms with Crippen LogP contribution in [0, 0.1) is 0 Å². The number of nitrogens with zero attached hydrogens (tertiary/aromatic N) is 6. The van der Waals surface area contributed by atoms with Crippen molar-refractivity contribution in [3.63, 3.8) is 0 Å². The van der Waals surface area contributed by atoms with Gasteiger partial charge in [-0.1, -0.05) is 5.16 Å². The summed E-state index contributed by atoms with van der Waals surface area (Å²) in [6.45, 7) is 2.94. The number of β-lactam (4-membered cyclic amide) rings is 1. The lowest BCUT2D eigenvalue weighted by atomic mass is 10.0. The predicted molar refractivity (Wildman–Crippen MR) is 177 cm³/mol. The maximum absolute atomic E-state index is 13.3. The molecule has 2 aliphatic rings. The molecule has 2 aliphatic heterocycles. The Hall–Kier alpha value is -4.89. The van der Waals surface area contributed by atoms with Gasteiger partial charge in [0, 0.05) is 29.3 Å². The van der Waals surface area contributed by atoms with E-state index in [4.69, 9.17) is 39.6 Å². The van der Waals surface area contributed by atoms with Gasteiger partial charge in [0.1, 0.15) is 17.1 Å². The van der Waals surface area contributed by atoms with E-state index >= 15 is 0 Å². The fraction of sp³-hybridized carbons (Fsp3) is 0.480. The molecule has 26 heteroatoms. The summed E-state index contributed by atoms with van der Waals surface area (Å²) in [4.78, 5) is 72.8. The van der Waals surface area contributed by atoms with Gasteiger partial charge in [-0.05, 0) is 33.2 Å². The Morgan fingerprint density at radius 3 is 2.43 bits per heavy atom. The van der Waals surface area contributed by atoms with Crippen molar-refractivity contribution >= 4 is 85.7 Å². The molecule has 4 heterocycles. The fourth-order valence-corrected chi connectivity index (χ4v) is 6.20. The van der Waals surface area contributed by atoms with Crippen molar-refractivity contribution in [1.29, 1.82) is 0 Å². The lowest BCUT2D eigenvalue weighted by molar-refractivity contribution is -0.765. The van der Waals surface area contributed by atoms with Gasteiger partial charge in [-0.2, -0.15) is 9.36 Å². The molecule has 1 saturated heterocycles. The predicted octanol–water partition coefficient (Wildman–Crippen LogP) is -2.58. The molecule has 0 aliphatic carbocycles. The number of carboxylic acids is 2. The monoisotopic (exact) mass is 777 g/mol. The molecule has 0 saturated carbocycles. The molecule has 0 bridgehead atoms. The minimum absolute atomic E-state index is 0.000328. The van der Waals surface area contributed by atoms with E-state index < -0.39 is 56.9 Å². The highest BCUT2D eigenvalue weighted by Gasteiger charge is 2.55. The topological polar surface area (TPSA) is 365 Å². The van der Waals surface area contributed by atoms with Crippen LogP contribution in [0.5, 0.6) is 0 Å². The third-order valence-corrected chi connectivity index (χ3v) is 8.94. The summed E-state index contributed by atoms with van der Waals surface area (Å²) >= 11 is 1.98. The van der Waals surface area contributed by atoms with Gasteiger partial charge in [0.25, 0.3) is 11.8 Å². The SMILES string of the molecule is Cn1c(N)c(NC(=O)CCCCN)c[n+]1CC1=C(C(=O)O)N2C(=O)[C@@H](NC(=O)/C(=N\OC(C)(C)C(=O)O)c3nsc(N)n3)[C@H]2SC1.O=S(=O)([O-])O. The number of oxime groups is 1. The Balaban J connectivity index is 0.00000131. The molecule has 11 N–H and O–H groups in total. The number of carbonyl (C=O) groups is 5. The number of rotatable bonds is 14. The number of aromatic nitrogens is 4. The zero-order valence-corrected chi connectivity index (χ0v) is 29.6. The Morgan fingerprint density at radius 2 is 1.88 bits per heavy atom. The zero-order valence-electron chi connectivity index (χ0n) is 27.1. The normalized spacial score (nSPS) is 17.5. The molecular weight excluding hydrogens is 743 g/mol. The molecule has 0 unspecified atom stereocenters. The number of fused-ring (bicyclic) bond motifs is 1. The van der Waals surface area contributed by atoms with E-state index in [1.54, 1.807) is 22.6 Å². The minimum Gasteiger partial charge on any atom is -0.726 e. The van der Waals surface area contributed by atoms with Gasteiger partial charge in [0.15, 0.2) is 23.2 Å². The van der Waals surface area contributed by atoms with E-state index in [9.17, 15) is 34.2 Å². The van der Waals surface area contributed by atoms with Gasteiger partial charge < -0.3 is 47.4 Å². The standard InChI is InChI=1S/C25H33N11O8S2.H2O4S/c1-25(2,23(42)43)44-32-14(18-31-24(28)46-33-18)19(38)30-15-20(39)36-16(22(40)41)11(10-45-21(15)36)8-35-9-12(17(27)34(35)3)29-13(37)6-4-5-7-26;1-5(2,3)4/h9,15,21,27H,4-8,10,26H2,1-3H3,(H6,28,29,30,31,33,37,38,40,41,42,43);(H2,1,2,3,4)/b32-14-;/t15-,21-;/m1./s1. The van der Waals surface area contributed by atoms with Crippen molar-refractivity contribution in [2.24, 2.45) is 17.9 Å². The van der Waals surface area contributed by atoms with Crippen LogP contribution in [0.15, 0.2) is 22.6 Å². The van der Waals surface area contributed by atoms with Gasteiger partial charge in [0.05, 0.1) is 7.05 Å². The van der Waals surface area contributed by atoms with Crippen LogP contribution in [0.1, 0.15) is 38.9 Å². The molecule has 0 radical (unpaired) electrons. The fourth-order valence-electron chi connectivity index (χ4n) is 4.43. The number of thioether (sulfide) groups is 1. The molecule has 2 aromatic heterocycles. The third-order valence-electron chi connectivity index (χ3n) is 7.06. The Kier molecular flexibility index (Phi) is 13.1. The van der Waals surface area contributed by atoms with Crippen LogP contribution in [0.3, 0.4) is 0 Å². The van der Waals surface area contributed by atoms with Gasteiger partial charge in [-0.15, -0.1) is 21.1 Å². The summed E-state index contributed by atoms with van der Waals surface area (Å²) in [6, 6.07) is -1.15. The molecule has 23 nitrogen and oxygen atoms in total. The molecule has 0 spiro atoms. The Labute approximate surface area is 297 Å². The zero-order chi connectivity index (χ0) is 38.4. The van der Waals surface area contributed by atoms with E-state index in [1.165, 1.54) is 25.6 Å². The number of hydrogen-bond donors (Lipinski definition) is 8. The number of nitrogens with one attached hydrogen (secondary N) is 2. The largest absolute Gasteiger partial charge is 0.726 e. The molecule has 3 amide bonds. The highest BCUT2D eigenvalue weighted by atomic mass is 32.3. The number of aliphatic carboxylic acids is 2. The molecule has 51 heavy (non-hydrogen) atoms. The van der Waals surface area contributed by atoms with Crippen molar-refractivity contribution in [3.05, 3.63) is 23.3 Å². The van der Waals surface area contributed by atoms with Gasteiger partial charge in [0.2, 0.25) is 39.6 Å². The van der Waals surface area contributed by atoms with Crippen LogP contribution in [0.25, 0.3) is 0 Å². The summed E-state index contributed by atoms with van der Waals surface area (Å²) in [5, 5.41) is 27.6. The van der Waals surface area contributed by atoms with Crippen LogP contribution in [-0.4, -0.2) is 111 Å². The first-order valence-electron chi connectivity index (χ1n) is 14.5. The van der Waals surface area contributed by atoms with Crippen LogP contribution in [0.4, 0.5) is 16.6 Å². The first-order chi connectivity index (χ1) is 23.7. The second-order valence-corrected chi connectivity index (χ2v) is 13.9. The van der Waals surface area contributed by atoms with Crippen LogP contribution in [-0.2, 0) is 52.8 Å². The highest BCUT2D eigenvalue weighted by Crippen LogP contribution is 2.40. The molecular formula is C25H35N11O12S3. The number of nitrogens with two attached hydrogens (primary N) is 3. The third kappa shape index (κ3) is 10.3. The van der Waals surface area contributed by atoms with Crippen LogP contribution >= 0.6 is 23.3 Å². The summed E-state index contributed by atoms with van der Waals surface area (Å²) in [5.74, 6) is -4.41. The van der Waals surface area contributed by atoms with Gasteiger partial charge in [-0.3, -0.25) is 23.8 Å². The van der Waals surface area contributed by atoms with Crippen molar-refractivity contribution in [3.8, 4) is 0 Å². The highest BCUT2D eigenvalue weighted by molar-refractivity contribution is 8.00.